The van der Waals surface area contributed by atoms with Crippen LogP contribution in [0.4, 0.5) is 0 Å². The van der Waals surface area contributed by atoms with Gasteiger partial charge in [-0.05, 0) is 36.5 Å². The number of hydrogen-bond donors (Lipinski definition) is 2. The second kappa shape index (κ2) is 4.09. The maximum absolute atomic E-state index is 7.38. The molecule has 0 fully saturated rings. The molecule has 0 amide bonds. The van der Waals surface area contributed by atoms with Gasteiger partial charge in [-0.2, -0.15) is 0 Å². The van der Waals surface area contributed by atoms with Crippen LogP contribution in [0.2, 0.25) is 0 Å². The van der Waals surface area contributed by atoms with Gasteiger partial charge in [-0.25, -0.2) is 0 Å². The van der Waals surface area contributed by atoms with Crippen LogP contribution in [-0.4, -0.2) is 11.4 Å². The number of ether oxygens (including phenoxy) is 1. The molecule has 2 aliphatic rings. The number of hydrogen-bond acceptors (Lipinski definition) is 3. The second-order valence-corrected chi connectivity index (χ2v) is 3.44. The van der Waals surface area contributed by atoms with Gasteiger partial charge in [0.05, 0.1) is 0 Å². The lowest BCUT2D eigenvalue weighted by atomic mass is 10.1. The highest BCUT2D eigenvalue weighted by molar-refractivity contribution is 5.95. The van der Waals surface area contributed by atoms with Crippen molar-refractivity contribution < 1.29 is 4.74 Å². The number of rotatable bonds is 2. The van der Waals surface area contributed by atoms with Crippen LogP contribution < -0.4 is 0 Å². The molecule has 0 radical (unpaired) electrons. The molecule has 0 atom stereocenters. The predicted molar refractivity (Wildman–Crippen MR) is 60.2 cm³/mol. The van der Waals surface area contributed by atoms with Crippen molar-refractivity contribution in [1.82, 2.24) is 0 Å². The molecule has 2 rings (SSSR count). The maximum atomic E-state index is 7.38. The fraction of sp³-hybridized carbons (Fsp3) is 0.167. The molecule has 0 aromatic carbocycles. The molecule has 15 heavy (non-hydrogen) atoms. The summed E-state index contributed by atoms with van der Waals surface area (Å²) in [7, 11) is 0. The zero-order valence-electron chi connectivity index (χ0n) is 8.29. The summed E-state index contributed by atoms with van der Waals surface area (Å²) >= 11 is 0. The number of allylic oxidation sites excluding steroid dienone is 6. The average molecular weight is 200 g/mol. The fourth-order valence-electron chi connectivity index (χ4n) is 1.35. The summed E-state index contributed by atoms with van der Waals surface area (Å²) in [6.45, 7) is 0. The molecule has 3 heteroatoms. The molecule has 76 valence electrons. The highest BCUT2D eigenvalue weighted by atomic mass is 16.5. The van der Waals surface area contributed by atoms with Crippen molar-refractivity contribution in [2.24, 2.45) is 0 Å². The maximum Gasteiger partial charge on any atom is 0.123 e. The topological polar surface area (TPSA) is 56.9 Å². The first kappa shape index (κ1) is 9.65. The van der Waals surface area contributed by atoms with Gasteiger partial charge in [-0.15, -0.1) is 0 Å². The van der Waals surface area contributed by atoms with E-state index in [1.807, 2.05) is 12.2 Å². The largest absolute Gasteiger partial charge is 0.458 e. The van der Waals surface area contributed by atoms with Crippen LogP contribution in [-0.2, 0) is 4.74 Å². The summed E-state index contributed by atoms with van der Waals surface area (Å²) in [5.74, 6) is 1.55. The SMILES string of the molecule is N=C1C=CC(OC2=CCC(=N)C=C2)=CC1. The molecular weight excluding hydrogens is 188 g/mol. The summed E-state index contributed by atoms with van der Waals surface area (Å²) in [6.07, 6.45) is 12.1. The molecule has 0 saturated heterocycles. The van der Waals surface area contributed by atoms with Gasteiger partial charge in [-0.3, -0.25) is 0 Å². The van der Waals surface area contributed by atoms with Crippen LogP contribution in [0.1, 0.15) is 12.8 Å². The van der Waals surface area contributed by atoms with E-state index in [1.165, 1.54) is 0 Å². The van der Waals surface area contributed by atoms with E-state index in [1.54, 1.807) is 24.3 Å². The molecule has 0 aromatic heterocycles. The van der Waals surface area contributed by atoms with Crippen LogP contribution in [0.5, 0.6) is 0 Å². The Morgan fingerprint density at radius 3 is 1.60 bits per heavy atom. The molecule has 0 aliphatic heterocycles. The molecule has 2 aliphatic carbocycles. The van der Waals surface area contributed by atoms with E-state index in [2.05, 4.69) is 0 Å². The van der Waals surface area contributed by atoms with Gasteiger partial charge in [-0.1, -0.05) is 0 Å². The lowest BCUT2D eigenvalue weighted by molar-refractivity contribution is 0.333. The third kappa shape index (κ3) is 2.53. The Kier molecular flexibility index (Phi) is 2.63. The molecule has 0 spiro atoms. The van der Waals surface area contributed by atoms with Crippen LogP contribution in [0.15, 0.2) is 48.0 Å². The summed E-state index contributed by atoms with van der Waals surface area (Å²) in [5, 5.41) is 14.8. The van der Waals surface area contributed by atoms with Gasteiger partial charge in [0.1, 0.15) is 11.5 Å². The van der Waals surface area contributed by atoms with E-state index in [0.717, 1.165) is 11.5 Å². The monoisotopic (exact) mass is 200 g/mol. The van der Waals surface area contributed by atoms with Gasteiger partial charge in [0.25, 0.3) is 0 Å². The van der Waals surface area contributed by atoms with E-state index >= 15 is 0 Å². The van der Waals surface area contributed by atoms with E-state index < -0.39 is 0 Å². The van der Waals surface area contributed by atoms with E-state index in [-0.39, 0.29) is 0 Å². The van der Waals surface area contributed by atoms with Crippen molar-refractivity contribution in [1.29, 1.82) is 10.8 Å². The van der Waals surface area contributed by atoms with Crippen LogP contribution in [0.25, 0.3) is 0 Å². The summed E-state index contributed by atoms with van der Waals surface area (Å²) in [5.41, 5.74) is 1.19. The van der Waals surface area contributed by atoms with Crippen LogP contribution in [0, 0.1) is 10.8 Å². The third-order valence-corrected chi connectivity index (χ3v) is 2.18. The quantitative estimate of drug-likeness (QED) is 0.707. The van der Waals surface area contributed by atoms with Crippen molar-refractivity contribution in [3.8, 4) is 0 Å². The van der Waals surface area contributed by atoms with Crippen molar-refractivity contribution >= 4 is 11.4 Å². The minimum Gasteiger partial charge on any atom is -0.458 e. The first-order valence-electron chi connectivity index (χ1n) is 4.83. The summed E-state index contributed by atoms with van der Waals surface area (Å²) in [6, 6.07) is 0. The van der Waals surface area contributed by atoms with Crippen molar-refractivity contribution in [3.63, 3.8) is 0 Å². The zero-order chi connectivity index (χ0) is 10.7. The Balaban J connectivity index is 1.99. The van der Waals surface area contributed by atoms with Gasteiger partial charge < -0.3 is 15.6 Å². The second-order valence-electron chi connectivity index (χ2n) is 3.44. The van der Waals surface area contributed by atoms with Crippen LogP contribution in [0.3, 0.4) is 0 Å². The Bertz CT molecular complexity index is 385. The van der Waals surface area contributed by atoms with Gasteiger partial charge in [0, 0.05) is 24.3 Å². The Morgan fingerprint density at radius 2 is 1.27 bits per heavy atom. The van der Waals surface area contributed by atoms with Crippen molar-refractivity contribution in [2.75, 3.05) is 0 Å². The molecule has 0 saturated carbocycles. The average Bonchev–Trinajstić information content (AvgIpc) is 2.25. The molecule has 0 bridgehead atoms. The number of nitrogens with one attached hydrogen (secondary N) is 2. The lowest BCUT2D eigenvalue weighted by Crippen LogP contribution is -2.01. The molecule has 0 unspecified atom stereocenters. The molecule has 3 nitrogen and oxygen atoms in total. The van der Waals surface area contributed by atoms with Crippen LogP contribution >= 0.6 is 0 Å². The highest BCUT2D eigenvalue weighted by Crippen LogP contribution is 2.17. The fourth-order valence-corrected chi connectivity index (χ4v) is 1.35. The third-order valence-electron chi connectivity index (χ3n) is 2.18. The zero-order valence-corrected chi connectivity index (χ0v) is 8.29. The molecule has 2 N–H and O–H groups in total. The molecular formula is C12H12N2O. The standard InChI is InChI=1S/C12H12N2O/c13-9-1-5-11(6-2-9)15-12-7-3-10(14)4-8-12/h1,3,5-8,13-14H,2,4H2. The smallest absolute Gasteiger partial charge is 0.123 e. The first-order valence-corrected chi connectivity index (χ1v) is 4.83. The predicted octanol–water partition coefficient (Wildman–Crippen LogP) is 2.73. The van der Waals surface area contributed by atoms with E-state index in [0.29, 0.717) is 24.3 Å². The Labute approximate surface area is 88.5 Å². The Hall–Kier alpha value is -1.90. The van der Waals surface area contributed by atoms with Gasteiger partial charge in [0.2, 0.25) is 0 Å². The van der Waals surface area contributed by atoms with Crippen molar-refractivity contribution in [2.45, 2.75) is 12.8 Å². The summed E-state index contributed by atoms with van der Waals surface area (Å²) in [4.78, 5) is 0. The summed E-state index contributed by atoms with van der Waals surface area (Å²) < 4.78 is 5.58. The molecule has 0 aromatic rings. The van der Waals surface area contributed by atoms with E-state index in [9.17, 15) is 0 Å². The minimum atomic E-state index is 0.595. The Morgan fingerprint density at radius 1 is 0.800 bits per heavy atom. The highest BCUT2D eigenvalue weighted by Gasteiger charge is 2.06. The first-order chi connectivity index (χ1) is 7.24. The minimum absolute atomic E-state index is 0.595. The normalized spacial score (nSPS) is 20.0. The lowest BCUT2D eigenvalue weighted by Gasteiger charge is -2.12. The van der Waals surface area contributed by atoms with Crippen molar-refractivity contribution in [3.05, 3.63) is 48.0 Å². The van der Waals surface area contributed by atoms with Gasteiger partial charge in [0.15, 0.2) is 0 Å². The van der Waals surface area contributed by atoms with Gasteiger partial charge >= 0.3 is 0 Å². The molecule has 0 heterocycles. The van der Waals surface area contributed by atoms with E-state index in [4.69, 9.17) is 15.6 Å².